The van der Waals surface area contributed by atoms with Gasteiger partial charge in [0.1, 0.15) is 0 Å². The number of carboxylic acids is 1. The van der Waals surface area contributed by atoms with Crippen LogP contribution in [0.25, 0.3) is 0 Å². The summed E-state index contributed by atoms with van der Waals surface area (Å²) in [5.74, 6) is -2.41. The van der Waals surface area contributed by atoms with Gasteiger partial charge in [0, 0.05) is 18.9 Å². The molecule has 0 unspecified atom stereocenters. The van der Waals surface area contributed by atoms with Crippen molar-refractivity contribution < 1.29 is 30.0 Å². The van der Waals surface area contributed by atoms with E-state index in [-0.39, 0.29) is 23.8 Å². The summed E-state index contributed by atoms with van der Waals surface area (Å²) in [7, 11) is 0. The maximum absolute atomic E-state index is 12.2. The van der Waals surface area contributed by atoms with Crippen LogP contribution in [0, 0.1) is 17.8 Å². The Balaban J connectivity index is 2.38. The topological polar surface area (TPSA) is 169 Å². The van der Waals surface area contributed by atoms with Crippen molar-refractivity contribution in [2.45, 2.75) is 64.5 Å². The lowest BCUT2D eigenvalue weighted by Crippen LogP contribution is -2.68. The number of carbonyl (C=O) groups is 4. The molecule has 154 valence electrons. The summed E-state index contributed by atoms with van der Waals surface area (Å²) in [6.07, 6.45) is 2.97. The Labute approximate surface area is 159 Å². The molecule has 1 fully saturated rings. The van der Waals surface area contributed by atoms with Crippen LogP contribution < -0.4 is 27.2 Å². The molecule has 0 aromatic rings. The molecule has 9 heteroatoms. The van der Waals surface area contributed by atoms with Gasteiger partial charge >= 0.3 is 0 Å². The second-order valence-corrected chi connectivity index (χ2v) is 7.84. The van der Waals surface area contributed by atoms with Crippen molar-refractivity contribution in [3.8, 4) is 0 Å². The van der Waals surface area contributed by atoms with Gasteiger partial charge in [-0.25, -0.2) is 0 Å². The molecule has 0 saturated heterocycles. The zero-order valence-electron chi connectivity index (χ0n) is 16.2. The number of amides is 3. The molecule has 7 N–H and O–H groups in total. The highest BCUT2D eigenvalue weighted by Crippen LogP contribution is 2.28. The molecule has 9 nitrogen and oxygen atoms in total. The van der Waals surface area contributed by atoms with E-state index in [0.29, 0.717) is 25.3 Å². The van der Waals surface area contributed by atoms with E-state index in [4.69, 9.17) is 5.73 Å². The molecule has 0 heterocycles. The third-order valence-electron chi connectivity index (χ3n) is 4.92. The monoisotopic (exact) mass is 384 g/mol. The summed E-state index contributed by atoms with van der Waals surface area (Å²) in [4.78, 5) is 46.1. The minimum atomic E-state index is -1.53. The molecule has 27 heavy (non-hydrogen) atoms. The minimum absolute atomic E-state index is 0.0492. The van der Waals surface area contributed by atoms with Gasteiger partial charge in [-0.3, -0.25) is 14.4 Å². The number of aliphatic carboxylic acids is 1. The molecular formula is C18H32N4O5. The predicted molar refractivity (Wildman–Crippen MR) is 95.3 cm³/mol. The summed E-state index contributed by atoms with van der Waals surface area (Å²) < 4.78 is 0. The van der Waals surface area contributed by atoms with Gasteiger partial charge in [-0.15, -0.1) is 0 Å². The summed E-state index contributed by atoms with van der Waals surface area (Å²) >= 11 is 0. The van der Waals surface area contributed by atoms with Crippen LogP contribution >= 0.6 is 0 Å². The summed E-state index contributed by atoms with van der Waals surface area (Å²) in [5, 5.41) is 16.3. The van der Waals surface area contributed by atoms with Crippen LogP contribution in [0.3, 0.4) is 0 Å². The van der Waals surface area contributed by atoms with Crippen LogP contribution in [-0.2, 0) is 19.2 Å². The Morgan fingerprint density at radius 1 is 1.15 bits per heavy atom. The number of carboxylic acid groups (broad SMARTS) is 1. The largest absolute Gasteiger partial charge is 0.548 e. The van der Waals surface area contributed by atoms with Gasteiger partial charge in [0.05, 0.1) is 18.4 Å². The fourth-order valence-electron chi connectivity index (χ4n) is 3.38. The Morgan fingerprint density at radius 2 is 1.74 bits per heavy atom. The van der Waals surface area contributed by atoms with Gasteiger partial charge in [-0.05, 0) is 37.5 Å². The van der Waals surface area contributed by atoms with Gasteiger partial charge in [-0.1, -0.05) is 13.8 Å². The molecule has 3 amide bonds. The van der Waals surface area contributed by atoms with Crippen LogP contribution in [-0.4, -0.2) is 42.3 Å². The van der Waals surface area contributed by atoms with E-state index in [1.807, 2.05) is 13.8 Å². The summed E-state index contributed by atoms with van der Waals surface area (Å²) in [6.45, 7) is 4.65. The average molecular weight is 384 g/mol. The number of nitrogens with one attached hydrogen (secondary N) is 2. The normalized spacial score (nSPS) is 21.9. The molecule has 0 aromatic heterocycles. The number of carbonyl (C=O) groups excluding carboxylic acids is 4. The van der Waals surface area contributed by atoms with Crippen molar-refractivity contribution in [1.29, 1.82) is 0 Å². The van der Waals surface area contributed by atoms with Crippen molar-refractivity contribution in [1.82, 2.24) is 10.6 Å². The van der Waals surface area contributed by atoms with E-state index in [9.17, 15) is 24.3 Å². The van der Waals surface area contributed by atoms with E-state index in [2.05, 4.69) is 16.4 Å². The lowest BCUT2D eigenvalue weighted by Gasteiger charge is -2.29. The zero-order valence-corrected chi connectivity index (χ0v) is 16.2. The quantitative estimate of drug-likeness (QED) is 0.331. The standard InChI is InChI=1S/C18H32N4O5/c1-10(2)7-13(19)17(25)21-9-11-3-5-12(6-4-11)16(24)22-14(18(26)27)8-15(20)23/h10-14H,3-9,19H2,1-2H3,(H2,20,23)(H,21,25)(H,22,24)(H,26,27)/t11?,12?,13-,14-/m1/s1. The molecule has 0 aliphatic heterocycles. The number of nitrogens with two attached hydrogens (primary N) is 1. The molecule has 1 rings (SSSR count). The molecular weight excluding hydrogens is 352 g/mol. The number of hydrogen-bond donors (Lipinski definition) is 4. The van der Waals surface area contributed by atoms with Crippen molar-refractivity contribution in [2.75, 3.05) is 6.54 Å². The number of quaternary nitrogens is 1. The van der Waals surface area contributed by atoms with Gasteiger partial charge < -0.3 is 32.0 Å². The molecule has 0 radical (unpaired) electrons. The van der Waals surface area contributed by atoms with E-state index in [1.165, 1.54) is 0 Å². The fraction of sp³-hybridized carbons (Fsp3) is 0.778. The Hall–Kier alpha value is -2.16. The highest BCUT2D eigenvalue weighted by Gasteiger charge is 2.29. The van der Waals surface area contributed by atoms with Gasteiger partial charge in [-0.2, -0.15) is 0 Å². The summed E-state index contributed by atoms with van der Waals surface area (Å²) in [5.41, 5.74) is 8.88. The number of rotatable bonds is 10. The van der Waals surface area contributed by atoms with E-state index < -0.39 is 30.2 Å². The maximum Gasteiger partial charge on any atom is 0.278 e. The first kappa shape index (κ1) is 22.9. The van der Waals surface area contributed by atoms with Crippen molar-refractivity contribution in [2.24, 2.45) is 23.5 Å². The SMILES string of the molecule is CC(C)C[C@@H]([NH3+])C(=O)NCC1CCC(C(=O)N[C@H](CC(N)=O)C(=O)[O-])CC1. The highest BCUT2D eigenvalue weighted by molar-refractivity contribution is 5.88. The fourth-order valence-corrected chi connectivity index (χ4v) is 3.38. The Bertz CT molecular complexity index is 544. The lowest BCUT2D eigenvalue weighted by atomic mass is 9.81. The van der Waals surface area contributed by atoms with Crippen LogP contribution in [0.5, 0.6) is 0 Å². The lowest BCUT2D eigenvalue weighted by molar-refractivity contribution is -0.406. The van der Waals surface area contributed by atoms with Crippen LogP contribution in [0.15, 0.2) is 0 Å². The smallest absolute Gasteiger partial charge is 0.278 e. The maximum atomic E-state index is 12.2. The molecule has 1 aliphatic carbocycles. The number of hydrogen-bond acceptors (Lipinski definition) is 5. The van der Waals surface area contributed by atoms with E-state index in [1.54, 1.807) is 0 Å². The predicted octanol–water partition coefficient (Wildman–Crippen LogP) is -2.32. The third-order valence-corrected chi connectivity index (χ3v) is 4.92. The molecule has 2 atom stereocenters. The summed E-state index contributed by atoms with van der Waals surface area (Å²) in [6, 6.07) is -1.67. The Morgan fingerprint density at radius 3 is 2.22 bits per heavy atom. The van der Waals surface area contributed by atoms with E-state index in [0.717, 1.165) is 19.3 Å². The molecule has 0 bridgehead atoms. The van der Waals surface area contributed by atoms with Crippen molar-refractivity contribution in [3.05, 3.63) is 0 Å². The van der Waals surface area contributed by atoms with Crippen LogP contribution in [0.4, 0.5) is 0 Å². The third kappa shape index (κ3) is 8.38. The first-order valence-corrected chi connectivity index (χ1v) is 9.50. The molecule has 0 spiro atoms. The van der Waals surface area contributed by atoms with Crippen LogP contribution in [0.2, 0.25) is 0 Å². The number of primary amides is 1. The first-order valence-electron chi connectivity index (χ1n) is 9.50. The van der Waals surface area contributed by atoms with Crippen LogP contribution in [0.1, 0.15) is 52.4 Å². The van der Waals surface area contributed by atoms with E-state index >= 15 is 0 Å². The average Bonchev–Trinajstić information content (AvgIpc) is 2.58. The molecule has 1 aliphatic rings. The van der Waals surface area contributed by atoms with Crippen molar-refractivity contribution >= 4 is 23.7 Å². The molecule has 0 aromatic carbocycles. The molecule has 1 saturated carbocycles. The first-order chi connectivity index (χ1) is 12.6. The van der Waals surface area contributed by atoms with Gasteiger partial charge in [0.2, 0.25) is 11.8 Å². The second kappa shape index (κ2) is 10.9. The highest BCUT2D eigenvalue weighted by atomic mass is 16.4. The minimum Gasteiger partial charge on any atom is -0.548 e. The Kier molecular flexibility index (Phi) is 9.20. The van der Waals surface area contributed by atoms with Crippen molar-refractivity contribution in [3.63, 3.8) is 0 Å². The zero-order chi connectivity index (χ0) is 20.6. The van der Waals surface area contributed by atoms with Gasteiger partial charge in [0.25, 0.3) is 5.91 Å². The second-order valence-electron chi connectivity index (χ2n) is 7.84. The van der Waals surface area contributed by atoms with Gasteiger partial charge in [0.15, 0.2) is 6.04 Å².